The van der Waals surface area contributed by atoms with Gasteiger partial charge in [0.05, 0.1) is 0 Å². The van der Waals surface area contributed by atoms with E-state index in [2.05, 4.69) is 84.9 Å². The summed E-state index contributed by atoms with van der Waals surface area (Å²) >= 11 is -3.40. The van der Waals surface area contributed by atoms with Gasteiger partial charge in [0.25, 0.3) is 0 Å². The monoisotopic (exact) mass is 500 g/mol. The Balaban J connectivity index is 1.99. The first-order valence-electron chi connectivity index (χ1n) is 10.8. The molecule has 1 aliphatic heterocycles. The van der Waals surface area contributed by atoms with Gasteiger partial charge in [-0.05, 0) is 0 Å². The van der Waals surface area contributed by atoms with Gasteiger partial charge in [-0.25, -0.2) is 0 Å². The molecule has 0 N–H and O–H groups in total. The summed E-state index contributed by atoms with van der Waals surface area (Å²) in [6.45, 7) is 0. The number of hydrogen-bond donors (Lipinski definition) is 0. The Morgan fingerprint density at radius 1 is 0.455 bits per heavy atom. The minimum atomic E-state index is -3.40. The van der Waals surface area contributed by atoms with Crippen LogP contribution in [0, 0.1) is 0 Å². The van der Waals surface area contributed by atoms with Crippen LogP contribution in [0.1, 0.15) is 0 Å². The summed E-state index contributed by atoms with van der Waals surface area (Å²) in [6.07, 6.45) is 0. The molecule has 0 fully saturated rings. The van der Waals surface area contributed by atoms with Crippen LogP contribution in [0.3, 0.4) is 0 Å². The molecule has 4 nitrogen and oxygen atoms in total. The molecule has 0 aliphatic carbocycles. The fraction of sp³-hybridized carbons (Fsp3) is 0.143. The maximum atomic E-state index is 5.77. The molecular formula is C28H26GeO4. The molecule has 0 bridgehead atoms. The van der Waals surface area contributed by atoms with E-state index in [-0.39, 0.29) is 0 Å². The molecule has 33 heavy (non-hydrogen) atoms. The van der Waals surface area contributed by atoms with Crippen molar-refractivity contribution in [3.8, 4) is 34.1 Å². The van der Waals surface area contributed by atoms with Crippen LogP contribution in [-0.4, -0.2) is 41.7 Å². The zero-order chi connectivity index (χ0) is 23.0. The Morgan fingerprint density at radius 2 is 0.788 bits per heavy atom. The molecule has 0 saturated carbocycles. The number of hydrogen-bond acceptors (Lipinski definition) is 4. The Labute approximate surface area is 197 Å². The van der Waals surface area contributed by atoms with Gasteiger partial charge in [-0.2, -0.15) is 0 Å². The average molecular weight is 499 g/mol. The van der Waals surface area contributed by atoms with Crippen molar-refractivity contribution in [3.63, 3.8) is 0 Å². The first-order chi connectivity index (χ1) is 16.2. The molecule has 0 radical (unpaired) electrons. The normalized spacial score (nSPS) is 13.1. The molecule has 4 aromatic rings. The van der Waals surface area contributed by atoms with Crippen molar-refractivity contribution in [2.45, 2.75) is 0 Å². The second-order valence-electron chi connectivity index (χ2n) is 7.99. The maximum absolute atomic E-state index is 5.77. The van der Waals surface area contributed by atoms with Gasteiger partial charge in [0.15, 0.2) is 0 Å². The van der Waals surface area contributed by atoms with Gasteiger partial charge in [-0.15, -0.1) is 0 Å². The van der Waals surface area contributed by atoms with Crippen LogP contribution >= 0.6 is 0 Å². The van der Waals surface area contributed by atoms with Crippen molar-refractivity contribution in [3.05, 3.63) is 84.9 Å². The molecule has 166 valence electrons. The summed E-state index contributed by atoms with van der Waals surface area (Å²) in [7, 11) is 6.74. The molecule has 1 heterocycles. The van der Waals surface area contributed by atoms with Crippen LogP contribution in [-0.2, 0) is 0 Å². The van der Waals surface area contributed by atoms with Gasteiger partial charge in [-0.3, -0.25) is 0 Å². The SMILES string of the molecule is COc1cc2[c](cc1OC)[Ge]([c]1ccccc1)([c]1ccccc1)[c]1cc(OC)c(OC)cc1-2. The molecule has 5 heteroatoms. The molecule has 5 rings (SSSR count). The Bertz CT molecular complexity index is 1200. The molecule has 0 atom stereocenters. The van der Waals surface area contributed by atoms with Gasteiger partial charge in [0, 0.05) is 0 Å². The predicted octanol–water partition coefficient (Wildman–Crippen LogP) is 3.08. The summed E-state index contributed by atoms with van der Waals surface area (Å²) in [5.74, 6) is 2.92. The standard InChI is InChI=1S/C28H26GeO4/c1-30-25-15-21-22-16-26(31-2)28(33-4)18-24(22)29(19-11-7-5-8-12-19,20-13-9-6-10-14-20)23(21)17-27(25)32-3/h5-18H,1-4H3. The topological polar surface area (TPSA) is 36.9 Å². The fourth-order valence-electron chi connectivity index (χ4n) is 5.13. The summed E-state index contributed by atoms with van der Waals surface area (Å²) < 4.78 is 28.3. The minimum absolute atomic E-state index is 0.719. The summed E-state index contributed by atoms with van der Waals surface area (Å²) in [4.78, 5) is 0. The average Bonchev–Trinajstić information content (AvgIpc) is 3.16. The molecule has 0 saturated heterocycles. The van der Waals surface area contributed by atoms with Crippen LogP contribution in [0.25, 0.3) is 11.1 Å². The van der Waals surface area contributed by atoms with Gasteiger partial charge in [0.2, 0.25) is 0 Å². The van der Waals surface area contributed by atoms with E-state index < -0.39 is 13.3 Å². The zero-order valence-electron chi connectivity index (χ0n) is 19.2. The summed E-state index contributed by atoms with van der Waals surface area (Å²) in [6, 6.07) is 30.3. The molecule has 4 aromatic carbocycles. The number of benzene rings is 4. The van der Waals surface area contributed by atoms with Crippen molar-refractivity contribution >= 4 is 30.8 Å². The summed E-state index contributed by atoms with van der Waals surface area (Å²) in [5, 5.41) is 0. The molecule has 0 aromatic heterocycles. The number of ether oxygens (including phenoxy) is 4. The first-order valence-corrected chi connectivity index (χ1v) is 15.0. The third-order valence-corrected chi connectivity index (χ3v) is 16.7. The third kappa shape index (κ3) is 3.12. The Morgan fingerprint density at radius 3 is 1.12 bits per heavy atom. The van der Waals surface area contributed by atoms with Gasteiger partial charge in [-0.1, -0.05) is 0 Å². The fourth-order valence-corrected chi connectivity index (χ4v) is 16.0. The van der Waals surface area contributed by atoms with Crippen molar-refractivity contribution in [2.24, 2.45) is 0 Å². The zero-order valence-corrected chi connectivity index (χ0v) is 21.3. The van der Waals surface area contributed by atoms with Crippen LogP contribution in [0.2, 0.25) is 0 Å². The van der Waals surface area contributed by atoms with Crippen LogP contribution in [0.5, 0.6) is 23.0 Å². The van der Waals surface area contributed by atoms with E-state index in [0.717, 1.165) is 34.1 Å². The van der Waals surface area contributed by atoms with Gasteiger partial charge >= 0.3 is 197 Å². The van der Waals surface area contributed by atoms with Gasteiger partial charge in [0.1, 0.15) is 0 Å². The van der Waals surface area contributed by atoms with Crippen LogP contribution < -0.4 is 36.5 Å². The van der Waals surface area contributed by atoms with E-state index in [1.54, 1.807) is 28.4 Å². The van der Waals surface area contributed by atoms with Crippen LogP contribution in [0.15, 0.2) is 84.9 Å². The Hall–Kier alpha value is -3.38. The summed E-state index contributed by atoms with van der Waals surface area (Å²) in [5.41, 5.74) is 2.33. The molecular weight excluding hydrogens is 473 g/mol. The van der Waals surface area contributed by atoms with Crippen molar-refractivity contribution in [2.75, 3.05) is 28.4 Å². The van der Waals surface area contributed by atoms with E-state index in [4.69, 9.17) is 18.9 Å². The Kier molecular flexibility index (Phi) is 5.54. The first kappa shape index (κ1) is 21.5. The van der Waals surface area contributed by atoms with E-state index in [9.17, 15) is 0 Å². The van der Waals surface area contributed by atoms with Crippen molar-refractivity contribution < 1.29 is 18.9 Å². The van der Waals surface area contributed by atoms with Gasteiger partial charge < -0.3 is 0 Å². The molecule has 0 unspecified atom stereocenters. The van der Waals surface area contributed by atoms with Crippen molar-refractivity contribution in [1.82, 2.24) is 0 Å². The van der Waals surface area contributed by atoms with E-state index in [1.807, 2.05) is 0 Å². The quantitative estimate of drug-likeness (QED) is 0.337. The van der Waals surface area contributed by atoms with E-state index in [0.29, 0.717) is 0 Å². The van der Waals surface area contributed by atoms with E-state index in [1.165, 1.54) is 17.6 Å². The van der Waals surface area contributed by atoms with Crippen molar-refractivity contribution in [1.29, 1.82) is 0 Å². The predicted molar refractivity (Wildman–Crippen MR) is 135 cm³/mol. The number of methoxy groups -OCH3 is 4. The van der Waals surface area contributed by atoms with E-state index >= 15 is 0 Å². The molecule has 0 amide bonds. The second-order valence-corrected chi connectivity index (χ2v) is 15.8. The second kappa shape index (κ2) is 8.52. The number of fused-ring (bicyclic) bond motifs is 3. The van der Waals surface area contributed by atoms with Crippen LogP contribution in [0.4, 0.5) is 0 Å². The third-order valence-electron chi connectivity index (χ3n) is 6.56. The number of rotatable bonds is 6. The molecule has 1 aliphatic rings. The molecule has 0 spiro atoms.